The second-order valence-corrected chi connectivity index (χ2v) is 4.47. The van der Waals surface area contributed by atoms with E-state index in [0.717, 1.165) is 18.9 Å². The minimum absolute atomic E-state index is 0.0654. The molecule has 0 aromatic rings. The maximum absolute atomic E-state index is 10.3. The van der Waals surface area contributed by atoms with Gasteiger partial charge in [0, 0.05) is 13.5 Å². The molecule has 0 radical (unpaired) electrons. The lowest BCUT2D eigenvalue weighted by molar-refractivity contribution is -0.118. The number of nitrogens with one attached hydrogen (secondary N) is 1. The predicted octanol–water partition coefficient (Wildman–Crippen LogP) is 3.22. The van der Waals surface area contributed by atoms with Crippen molar-refractivity contribution in [1.29, 1.82) is 0 Å². The van der Waals surface area contributed by atoms with Crippen molar-refractivity contribution < 1.29 is 4.79 Å². The summed E-state index contributed by atoms with van der Waals surface area (Å²) in [5.74, 6) is 1.63. The molecule has 0 fully saturated rings. The Morgan fingerprint density at radius 2 is 1.57 bits per heavy atom. The average Bonchev–Trinajstić information content (AvgIpc) is 2.04. The Kier molecular flexibility index (Phi) is 12.0. The van der Waals surface area contributed by atoms with E-state index in [9.17, 15) is 4.79 Å². The molecule has 0 aliphatic heterocycles. The van der Waals surface area contributed by atoms with E-state index in [1.165, 1.54) is 6.42 Å². The smallest absolute Gasteiger partial charge is 0.216 e. The molecule has 0 aromatic carbocycles. The van der Waals surface area contributed by atoms with Gasteiger partial charge in [0.2, 0.25) is 5.91 Å². The summed E-state index contributed by atoms with van der Waals surface area (Å²) in [7, 11) is 0. The Bertz CT molecular complexity index is 130. The summed E-state index contributed by atoms with van der Waals surface area (Å²) in [4.78, 5) is 10.3. The van der Waals surface area contributed by atoms with E-state index in [1.807, 2.05) is 0 Å². The fourth-order valence-corrected chi connectivity index (χ4v) is 0.537. The monoisotopic (exact) mass is 201 g/mol. The van der Waals surface area contributed by atoms with Crippen LogP contribution in [0, 0.1) is 11.8 Å². The molecule has 0 atom stereocenters. The van der Waals surface area contributed by atoms with Crippen molar-refractivity contribution in [3.63, 3.8) is 0 Å². The van der Waals surface area contributed by atoms with Crippen LogP contribution < -0.4 is 5.32 Å². The van der Waals surface area contributed by atoms with E-state index in [2.05, 4.69) is 39.9 Å². The van der Waals surface area contributed by atoms with Crippen molar-refractivity contribution in [1.82, 2.24) is 5.32 Å². The zero-order valence-electron chi connectivity index (χ0n) is 10.7. The molecule has 2 heteroatoms. The maximum Gasteiger partial charge on any atom is 0.216 e. The zero-order valence-corrected chi connectivity index (χ0v) is 10.7. The predicted molar refractivity (Wildman–Crippen MR) is 63.3 cm³/mol. The number of carbonyl (C=O) groups is 1. The van der Waals surface area contributed by atoms with Crippen LogP contribution in [0.5, 0.6) is 0 Å². The summed E-state index contributed by atoms with van der Waals surface area (Å²) >= 11 is 0. The molecule has 14 heavy (non-hydrogen) atoms. The van der Waals surface area contributed by atoms with Crippen LogP contribution in [-0.4, -0.2) is 12.5 Å². The second kappa shape index (κ2) is 10.6. The van der Waals surface area contributed by atoms with Gasteiger partial charge < -0.3 is 5.32 Å². The summed E-state index contributed by atoms with van der Waals surface area (Å²) in [6, 6.07) is 0. The van der Waals surface area contributed by atoms with Crippen LogP contribution in [0.25, 0.3) is 0 Å². The molecule has 0 saturated carbocycles. The number of hydrogen-bond acceptors (Lipinski definition) is 1. The van der Waals surface area contributed by atoms with E-state index in [1.54, 1.807) is 6.92 Å². The summed E-state index contributed by atoms with van der Waals surface area (Å²) in [5, 5.41) is 2.74. The molecule has 0 aromatic heterocycles. The highest BCUT2D eigenvalue weighted by Gasteiger charge is 1.93. The van der Waals surface area contributed by atoms with Crippen molar-refractivity contribution >= 4 is 5.91 Å². The molecule has 0 unspecified atom stereocenters. The van der Waals surface area contributed by atoms with Crippen molar-refractivity contribution in [3.05, 3.63) is 0 Å². The number of amides is 1. The largest absolute Gasteiger partial charge is 0.356 e. The van der Waals surface area contributed by atoms with Gasteiger partial charge in [-0.3, -0.25) is 4.79 Å². The standard InChI is InChI=1S/C7H15NO.C5H12/c1-6(2)4-5-8-7(3)9;1-4-5(2)3/h6H,4-5H2,1-3H3,(H,8,9);5H,4H2,1-3H3. The van der Waals surface area contributed by atoms with Gasteiger partial charge in [-0.2, -0.15) is 0 Å². The molecule has 0 bridgehead atoms. The first kappa shape index (κ1) is 15.9. The molecule has 0 aliphatic rings. The fraction of sp³-hybridized carbons (Fsp3) is 0.917. The zero-order chi connectivity index (χ0) is 11.6. The lowest BCUT2D eigenvalue weighted by Crippen LogP contribution is -2.21. The van der Waals surface area contributed by atoms with E-state index in [-0.39, 0.29) is 5.91 Å². The van der Waals surface area contributed by atoms with Gasteiger partial charge in [0.15, 0.2) is 0 Å². The van der Waals surface area contributed by atoms with Crippen molar-refractivity contribution in [2.45, 2.75) is 54.4 Å². The molecule has 1 N–H and O–H groups in total. The quantitative estimate of drug-likeness (QED) is 0.743. The minimum Gasteiger partial charge on any atom is -0.356 e. The Balaban J connectivity index is 0. The third-order valence-corrected chi connectivity index (χ3v) is 1.91. The Morgan fingerprint density at radius 1 is 1.14 bits per heavy atom. The van der Waals surface area contributed by atoms with Crippen molar-refractivity contribution in [3.8, 4) is 0 Å². The van der Waals surface area contributed by atoms with Crippen LogP contribution in [0.1, 0.15) is 54.4 Å². The first-order valence-corrected chi connectivity index (χ1v) is 5.64. The normalized spacial score (nSPS) is 9.71. The molecule has 2 nitrogen and oxygen atoms in total. The number of rotatable bonds is 4. The fourth-order valence-electron chi connectivity index (χ4n) is 0.537. The van der Waals surface area contributed by atoms with Gasteiger partial charge in [0.1, 0.15) is 0 Å². The summed E-state index contributed by atoms with van der Waals surface area (Å²) in [5.41, 5.74) is 0. The Hall–Kier alpha value is -0.530. The molecule has 0 rings (SSSR count). The van der Waals surface area contributed by atoms with Gasteiger partial charge >= 0.3 is 0 Å². The van der Waals surface area contributed by atoms with E-state index in [0.29, 0.717) is 5.92 Å². The summed E-state index contributed by atoms with van der Waals surface area (Å²) in [6.07, 6.45) is 2.37. The van der Waals surface area contributed by atoms with Gasteiger partial charge in [0.05, 0.1) is 0 Å². The lowest BCUT2D eigenvalue weighted by atomic mass is 10.1. The van der Waals surface area contributed by atoms with Crippen LogP contribution in [0.15, 0.2) is 0 Å². The Morgan fingerprint density at radius 3 is 1.79 bits per heavy atom. The van der Waals surface area contributed by atoms with Gasteiger partial charge in [-0.25, -0.2) is 0 Å². The highest BCUT2D eigenvalue weighted by Crippen LogP contribution is 1.95. The number of hydrogen-bond donors (Lipinski definition) is 1. The molecule has 0 heterocycles. The SMILES string of the molecule is CC(=O)NCCC(C)C.CCC(C)C. The lowest BCUT2D eigenvalue weighted by Gasteiger charge is -2.03. The van der Waals surface area contributed by atoms with Crippen LogP contribution in [0.2, 0.25) is 0 Å². The molecule has 0 aliphatic carbocycles. The third-order valence-electron chi connectivity index (χ3n) is 1.91. The van der Waals surface area contributed by atoms with E-state index >= 15 is 0 Å². The van der Waals surface area contributed by atoms with Crippen LogP contribution in [0.3, 0.4) is 0 Å². The molecule has 0 saturated heterocycles. The summed E-state index contributed by atoms with van der Waals surface area (Å²) in [6.45, 7) is 13.3. The molecular weight excluding hydrogens is 174 g/mol. The second-order valence-electron chi connectivity index (χ2n) is 4.47. The average molecular weight is 201 g/mol. The van der Waals surface area contributed by atoms with Gasteiger partial charge in [-0.1, -0.05) is 41.0 Å². The third kappa shape index (κ3) is 22.5. The van der Waals surface area contributed by atoms with Crippen LogP contribution in [0.4, 0.5) is 0 Å². The molecular formula is C12H27NO. The molecule has 1 amide bonds. The van der Waals surface area contributed by atoms with Crippen molar-refractivity contribution in [2.24, 2.45) is 11.8 Å². The minimum atomic E-state index is 0.0654. The van der Waals surface area contributed by atoms with Crippen molar-refractivity contribution in [2.75, 3.05) is 6.54 Å². The van der Waals surface area contributed by atoms with Gasteiger partial charge in [-0.05, 0) is 18.3 Å². The highest BCUT2D eigenvalue weighted by atomic mass is 16.1. The van der Waals surface area contributed by atoms with Gasteiger partial charge in [-0.15, -0.1) is 0 Å². The molecule has 86 valence electrons. The van der Waals surface area contributed by atoms with E-state index in [4.69, 9.17) is 0 Å². The summed E-state index contributed by atoms with van der Waals surface area (Å²) < 4.78 is 0. The van der Waals surface area contributed by atoms with Crippen LogP contribution in [-0.2, 0) is 4.79 Å². The molecule has 0 spiro atoms. The maximum atomic E-state index is 10.3. The van der Waals surface area contributed by atoms with Gasteiger partial charge in [0.25, 0.3) is 0 Å². The Labute approximate surface area is 89.5 Å². The first-order valence-electron chi connectivity index (χ1n) is 5.64. The van der Waals surface area contributed by atoms with Crippen LogP contribution >= 0.6 is 0 Å². The van der Waals surface area contributed by atoms with E-state index < -0.39 is 0 Å². The topological polar surface area (TPSA) is 29.1 Å². The highest BCUT2D eigenvalue weighted by molar-refractivity contribution is 5.72. The first-order chi connectivity index (χ1) is 6.40. The number of carbonyl (C=O) groups excluding carboxylic acids is 1.